The van der Waals surface area contributed by atoms with Crippen molar-refractivity contribution >= 4 is 11.6 Å². The Morgan fingerprint density at radius 1 is 1.50 bits per heavy atom. The Labute approximate surface area is 88.5 Å². The van der Waals surface area contributed by atoms with Crippen LogP contribution >= 0.6 is 11.6 Å². The second kappa shape index (κ2) is 4.20. The standard InChI is InChI=1S/C11H13ClO2/c12-7-10(13)6-8-1-2-11-9(5-8)3-4-14-11/h1-2,5,10,13H,3-4,6-7H2/t10-/m1/s1. The summed E-state index contributed by atoms with van der Waals surface area (Å²) in [7, 11) is 0. The molecular weight excluding hydrogens is 200 g/mol. The zero-order valence-corrected chi connectivity index (χ0v) is 8.63. The largest absolute Gasteiger partial charge is 0.493 e. The Balaban J connectivity index is 2.12. The van der Waals surface area contributed by atoms with Gasteiger partial charge in [-0.1, -0.05) is 12.1 Å². The summed E-state index contributed by atoms with van der Waals surface area (Å²) < 4.78 is 5.40. The second-order valence-electron chi connectivity index (χ2n) is 3.55. The van der Waals surface area contributed by atoms with Crippen molar-refractivity contribution in [2.24, 2.45) is 0 Å². The summed E-state index contributed by atoms with van der Waals surface area (Å²) in [5, 5.41) is 9.40. The van der Waals surface area contributed by atoms with E-state index >= 15 is 0 Å². The van der Waals surface area contributed by atoms with Crippen molar-refractivity contribution in [2.75, 3.05) is 12.5 Å². The SMILES string of the molecule is O[C@@H](CCl)Cc1ccc2c(c1)CCO2. The van der Waals surface area contributed by atoms with Gasteiger partial charge in [0.1, 0.15) is 5.75 Å². The monoisotopic (exact) mass is 212 g/mol. The van der Waals surface area contributed by atoms with Gasteiger partial charge in [-0.3, -0.25) is 0 Å². The molecule has 3 heteroatoms. The van der Waals surface area contributed by atoms with Crippen LogP contribution in [-0.4, -0.2) is 23.7 Å². The zero-order valence-electron chi connectivity index (χ0n) is 7.87. The molecule has 1 atom stereocenters. The van der Waals surface area contributed by atoms with Crippen LogP contribution in [0.1, 0.15) is 11.1 Å². The first-order valence-electron chi connectivity index (χ1n) is 4.78. The predicted octanol–water partition coefficient (Wildman–Crippen LogP) is 1.76. The van der Waals surface area contributed by atoms with Crippen LogP contribution in [0.25, 0.3) is 0 Å². The number of fused-ring (bicyclic) bond motifs is 1. The number of alkyl halides is 1. The predicted molar refractivity (Wildman–Crippen MR) is 56.1 cm³/mol. The van der Waals surface area contributed by atoms with Gasteiger partial charge in [0.25, 0.3) is 0 Å². The summed E-state index contributed by atoms with van der Waals surface area (Å²) in [5.41, 5.74) is 2.37. The van der Waals surface area contributed by atoms with Gasteiger partial charge >= 0.3 is 0 Å². The number of aliphatic hydroxyl groups is 1. The van der Waals surface area contributed by atoms with Crippen LogP contribution in [0.15, 0.2) is 18.2 Å². The maximum absolute atomic E-state index is 9.40. The molecule has 0 radical (unpaired) electrons. The van der Waals surface area contributed by atoms with Gasteiger partial charge in [0.2, 0.25) is 0 Å². The van der Waals surface area contributed by atoms with Crippen molar-refractivity contribution in [1.29, 1.82) is 0 Å². The van der Waals surface area contributed by atoms with Gasteiger partial charge in [0.05, 0.1) is 12.7 Å². The molecule has 0 amide bonds. The van der Waals surface area contributed by atoms with E-state index in [4.69, 9.17) is 16.3 Å². The molecule has 14 heavy (non-hydrogen) atoms. The lowest BCUT2D eigenvalue weighted by Crippen LogP contribution is -2.11. The van der Waals surface area contributed by atoms with Crippen molar-refractivity contribution in [3.05, 3.63) is 29.3 Å². The van der Waals surface area contributed by atoms with E-state index in [1.165, 1.54) is 5.56 Å². The molecular formula is C11H13ClO2. The highest BCUT2D eigenvalue weighted by Gasteiger charge is 2.13. The van der Waals surface area contributed by atoms with Crippen molar-refractivity contribution in [3.8, 4) is 5.75 Å². The average molecular weight is 213 g/mol. The molecule has 0 saturated carbocycles. The molecule has 0 bridgehead atoms. The Morgan fingerprint density at radius 3 is 3.14 bits per heavy atom. The molecule has 1 aliphatic rings. The molecule has 0 fully saturated rings. The quantitative estimate of drug-likeness (QED) is 0.774. The number of benzene rings is 1. The molecule has 0 aliphatic carbocycles. The molecule has 2 rings (SSSR count). The first-order valence-corrected chi connectivity index (χ1v) is 5.31. The summed E-state index contributed by atoms with van der Waals surface area (Å²) in [6.07, 6.45) is 1.15. The minimum atomic E-state index is -0.447. The lowest BCUT2D eigenvalue weighted by molar-refractivity contribution is 0.198. The number of halogens is 1. The third-order valence-electron chi connectivity index (χ3n) is 2.40. The minimum absolute atomic E-state index is 0.285. The van der Waals surface area contributed by atoms with Crippen molar-refractivity contribution in [2.45, 2.75) is 18.9 Å². The molecule has 0 saturated heterocycles. The summed E-state index contributed by atoms with van der Waals surface area (Å²) in [4.78, 5) is 0. The van der Waals surface area contributed by atoms with E-state index in [0.717, 1.165) is 24.3 Å². The van der Waals surface area contributed by atoms with E-state index in [-0.39, 0.29) is 5.88 Å². The zero-order chi connectivity index (χ0) is 9.97. The lowest BCUT2D eigenvalue weighted by Gasteiger charge is -2.07. The number of hydrogen-bond acceptors (Lipinski definition) is 2. The molecule has 1 N–H and O–H groups in total. The fourth-order valence-electron chi connectivity index (χ4n) is 1.69. The van der Waals surface area contributed by atoms with Gasteiger partial charge in [-0.25, -0.2) is 0 Å². The van der Waals surface area contributed by atoms with Gasteiger partial charge in [-0.2, -0.15) is 0 Å². The number of ether oxygens (including phenoxy) is 1. The first-order chi connectivity index (χ1) is 6.79. The molecule has 0 aromatic heterocycles. The summed E-state index contributed by atoms with van der Waals surface area (Å²) >= 11 is 5.54. The summed E-state index contributed by atoms with van der Waals surface area (Å²) in [5.74, 6) is 1.27. The fraction of sp³-hybridized carbons (Fsp3) is 0.455. The van der Waals surface area contributed by atoms with E-state index in [9.17, 15) is 5.11 Å². The van der Waals surface area contributed by atoms with Crippen LogP contribution in [-0.2, 0) is 12.8 Å². The van der Waals surface area contributed by atoms with Crippen LogP contribution in [0.3, 0.4) is 0 Å². The smallest absolute Gasteiger partial charge is 0.122 e. The molecule has 0 spiro atoms. The van der Waals surface area contributed by atoms with Crippen LogP contribution in [0.4, 0.5) is 0 Å². The van der Waals surface area contributed by atoms with E-state index in [1.807, 2.05) is 12.1 Å². The van der Waals surface area contributed by atoms with Gasteiger partial charge in [0, 0.05) is 12.3 Å². The van der Waals surface area contributed by atoms with Crippen molar-refractivity contribution in [1.82, 2.24) is 0 Å². The highest BCUT2D eigenvalue weighted by molar-refractivity contribution is 6.18. The maximum atomic E-state index is 9.40. The van der Waals surface area contributed by atoms with Gasteiger partial charge < -0.3 is 9.84 Å². The normalized spacial score (nSPS) is 16.1. The molecule has 0 unspecified atom stereocenters. The van der Waals surface area contributed by atoms with E-state index < -0.39 is 6.10 Å². The molecule has 76 valence electrons. The summed E-state index contributed by atoms with van der Waals surface area (Å²) in [6.45, 7) is 0.775. The number of hydrogen-bond donors (Lipinski definition) is 1. The maximum Gasteiger partial charge on any atom is 0.122 e. The molecule has 1 aliphatic heterocycles. The van der Waals surface area contributed by atoms with Gasteiger partial charge in [-0.15, -0.1) is 11.6 Å². The highest BCUT2D eigenvalue weighted by Crippen LogP contribution is 2.26. The Bertz CT molecular complexity index is 325. The van der Waals surface area contributed by atoms with Gasteiger partial charge in [0.15, 0.2) is 0 Å². The number of aliphatic hydroxyl groups excluding tert-OH is 1. The number of rotatable bonds is 3. The Hall–Kier alpha value is -0.730. The topological polar surface area (TPSA) is 29.5 Å². The Morgan fingerprint density at radius 2 is 2.36 bits per heavy atom. The van der Waals surface area contributed by atoms with Crippen LogP contribution < -0.4 is 4.74 Å². The van der Waals surface area contributed by atoms with Crippen molar-refractivity contribution < 1.29 is 9.84 Å². The second-order valence-corrected chi connectivity index (χ2v) is 3.86. The lowest BCUT2D eigenvalue weighted by atomic mass is 10.0. The molecule has 1 aromatic rings. The average Bonchev–Trinajstić information content (AvgIpc) is 2.64. The third-order valence-corrected chi connectivity index (χ3v) is 2.76. The van der Waals surface area contributed by atoms with Crippen LogP contribution in [0.2, 0.25) is 0 Å². The molecule has 1 aromatic carbocycles. The first kappa shape index (κ1) is 9.81. The molecule has 1 heterocycles. The molecule has 2 nitrogen and oxygen atoms in total. The minimum Gasteiger partial charge on any atom is -0.493 e. The van der Waals surface area contributed by atoms with Crippen LogP contribution in [0.5, 0.6) is 5.75 Å². The van der Waals surface area contributed by atoms with Gasteiger partial charge in [-0.05, 0) is 23.6 Å². The Kier molecular flexibility index (Phi) is 2.94. The van der Waals surface area contributed by atoms with Crippen LogP contribution in [0, 0.1) is 0 Å². The third kappa shape index (κ3) is 2.02. The summed E-state index contributed by atoms with van der Waals surface area (Å²) in [6, 6.07) is 6.05. The highest BCUT2D eigenvalue weighted by atomic mass is 35.5. The van der Waals surface area contributed by atoms with E-state index in [1.54, 1.807) is 0 Å². The van der Waals surface area contributed by atoms with E-state index in [2.05, 4.69) is 6.07 Å². The van der Waals surface area contributed by atoms with Crippen molar-refractivity contribution in [3.63, 3.8) is 0 Å². The van der Waals surface area contributed by atoms with E-state index in [0.29, 0.717) is 6.42 Å². The fourth-order valence-corrected chi connectivity index (χ4v) is 1.80.